The van der Waals surface area contributed by atoms with Gasteiger partial charge in [-0.2, -0.15) is 0 Å². The van der Waals surface area contributed by atoms with Crippen LogP contribution in [0.4, 0.5) is 26.3 Å². The molecule has 1 aromatic carbocycles. The predicted molar refractivity (Wildman–Crippen MR) is 65.5 cm³/mol. The molecule has 0 bridgehead atoms. The van der Waals surface area contributed by atoms with Gasteiger partial charge in [0.05, 0.1) is 5.56 Å². The molecule has 124 valence electrons. The average Bonchev–Trinajstić information content (AvgIpc) is 2.50. The zero-order valence-electron chi connectivity index (χ0n) is 11.4. The van der Waals surface area contributed by atoms with Crippen molar-refractivity contribution >= 4 is 0 Å². The van der Waals surface area contributed by atoms with Gasteiger partial charge >= 0.3 is 0 Å². The number of alkyl halides is 2. The summed E-state index contributed by atoms with van der Waals surface area (Å²) in [6.07, 6.45) is 0. The number of rotatable bonds is 4. The van der Waals surface area contributed by atoms with Gasteiger partial charge in [-0.05, 0) is 0 Å². The molecule has 0 aromatic heterocycles. The molecule has 1 aliphatic heterocycles. The zero-order valence-corrected chi connectivity index (χ0v) is 11.4. The third-order valence-electron chi connectivity index (χ3n) is 3.55. The van der Waals surface area contributed by atoms with Crippen molar-refractivity contribution in [1.82, 2.24) is 10.2 Å². The number of hydrogen-bond acceptors (Lipinski definition) is 3. The van der Waals surface area contributed by atoms with E-state index >= 15 is 0 Å². The molecular weight excluding hydrogens is 314 g/mol. The minimum atomic E-state index is -3.97. The maximum Gasteiger partial charge on any atom is 0.290 e. The lowest BCUT2D eigenvalue weighted by molar-refractivity contribution is -0.120. The van der Waals surface area contributed by atoms with Gasteiger partial charge in [-0.25, -0.2) is 26.3 Å². The molecule has 22 heavy (non-hydrogen) atoms. The van der Waals surface area contributed by atoms with E-state index in [9.17, 15) is 26.3 Å². The minimum absolute atomic E-state index is 0.0166. The van der Waals surface area contributed by atoms with Crippen LogP contribution in [-0.2, 0) is 0 Å². The van der Waals surface area contributed by atoms with Gasteiger partial charge in [0.25, 0.3) is 5.92 Å². The van der Waals surface area contributed by atoms with Crippen LogP contribution < -0.4 is 5.32 Å². The second kappa shape index (κ2) is 6.43. The highest BCUT2D eigenvalue weighted by Crippen LogP contribution is 2.40. The van der Waals surface area contributed by atoms with Crippen LogP contribution in [0.2, 0.25) is 0 Å². The van der Waals surface area contributed by atoms with Gasteiger partial charge in [0.15, 0.2) is 23.3 Å². The normalized spacial score (nSPS) is 18.5. The molecule has 0 saturated carbocycles. The van der Waals surface area contributed by atoms with E-state index in [2.05, 4.69) is 5.32 Å². The van der Waals surface area contributed by atoms with Crippen LogP contribution in [0, 0.1) is 23.3 Å². The number of aliphatic hydroxyl groups excluding tert-OH is 1. The summed E-state index contributed by atoms with van der Waals surface area (Å²) in [4.78, 5) is 0.993. The van der Waals surface area contributed by atoms with Crippen molar-refractivity contribution in [1.29, 1.82) is 0 Å². The summed E-state index contributed by atoms with van der Waals surface area (Å²) in [7, 11) is 0. The van der Waals surface area contributed by atoms with E-state index in [1.54, 1.807) is 0 Å². The Bertz CT molecular complexity index is 522. The summed E-state index contributed by atoms with van der Waals surface area (Å²) in [5, 5.41) is 11.7. The van der Waals surface area contributed by atoms with Crippen molar-refractivity contribution in [2.24, 2.45) is 0 Å². The van der Waals surface area contributed by atoms with Gasteiger partial charge < -0.3 is 10.4 Å². The monoisotopic (exact) mass is 328 g/mol. The summed E-state index contributed by atoms with van der Waals surface area (Å²) < 4.78 is 82.4. The lowest BCUT2D eigenvalue weighted by Crippen LogP contribution is -2.51. The SMILES string of the molecule is OCC(F)(F)[C@@H](c1c(F)c(F)cc(F)c1F)N1CCNCC1. The molecule has 0 unspecified atom stereocenters. The highest BCUT2D eigenvalue weighted by molar-refractivity contribution is 5.28. The molecule has 1 saturated heterocycles. The summed E-state index contributed by atoms with van der Waals surface area (Å²) in [5.74, 6) is -11.3. The fraction of sp³-hybridized carbons (Fsp3) is 0.538. The molecule has 3 nitrogen and oxygen atoms in total. The number of aliphatic hydroxyl groups is 1. The smallest absolute Gasteiger partial charge is 0.290 e. The molecule has 9 heteroatoms. The molecule has 0 aliphatic carbocycles. The predicted octanol–water partition coefficient (Wildman–Crippen LogP) is 1.82. The van der Waals surface area contributed by atoms with Gasteiger partial charge in [-0.1, -0.05) is 0 Å². The van der Waals surface area contributed by atoms with E-state index in [1.165, 1.54) is 0 Å². The maximum absolute atomic E-state index is 14.0. The third kappa shape index (κ3) is 3.06. The fourth-order valence-corrected chi connectivity index (χ4v) is 2.52. The maximum atomic E-state index is 14.0. The van der Waals surface area contributed by atoms with E-state index in [1.807, 2.05) is 0 Å². The first kappa shape index (κ1) is 17.0. The number of piperazine rings is 1. The molecule has 1 aliphatic rings. The topological polar surface area (TPSA) is 35.5 Å². The Balaban J connectivity index is 2.59. The summed E-state index contributed by atoms with van der Waals surface area (Å²) >= 11 is 0. The van der Waals surface area contributed by atoms with Gasteiger partial charge in [-0.15, -0.1) is 0 Å². The largest absolute Gasteiger partial charge is 0.390 e. The number of halogens is 6. The van der Waals surface area contributed by atoms with Crippen LogP contribution >= 0.6 is 0 Å². The van der Waals surface area contributed by atoms with E-state index in [-0.39, 0.29) is 32.2 Å². The molecule has 1 atom stereocenters. The highest BCUT2D eigenvalue weighted by Gasteiger charge is 2.47. The number of benzene rings is 1. The Morgan fingerprint density at radius 3 is 2.05 bits per heavy atom. The van der Waals surface area contributed by atoms with Crippen LogP contribution in [0.25, 0.3) is 0 Å². The van der Waals surface area contributed by atoms with E-state index in [0.29, 0.717) is 0 Å². The average molecular weight is 328 g/mol. The second-order valence-electron chi connectivity index (χ2n) is 4.99. The first-order valence-electron chi connectivity index (χ1n) is 6.56. The summed E-state index contributed by atoms with van der Waals surface area (Å²) in [6, 6.07) is -2.34. The molecule has 0 spiro atoms. The van der Waals surface area contributed by atoms with E-state index < -0.39 is 47.4 Å². The number of nitrogens with zero attached hydrogens (tertiary/aromatic N) is 1. The van der Waals surface area contributed by atoms with E-state index in [4.69, 9.17) is 5.11 Å². The highest BCUT2D eigenvalue weighted by atomic mass is 19.3. The van der Waals surface area contributed by atoms with Gasteiger partial charge in [-0.3, -0.25) is 4.90 Å². The van der Waals surface area contributed by atoms with Crippen molar-refractivity contribution in [2.45, 2.75) is 12.0 Å². The number of nitrogens with one attached hydrogen (secondary N) is 1. The summed E-state index contributed by atoms with van der Waals surface area (Å²) in [5.41, 5.74) is -1.40. The molecule has 2 N–H and O–H groups in total. The Morgan fingerprint density at radius 2 is 1.59 bits per heavy atom. The Hall–Kier alpha value is -1.32. The Morgan fingerprint density at radius 1 is 1.09 bits per heavy atom. The van der Waals surface area contributed by atoms with Gasteiger partial charge in [0.2, 0.25) is 0 Å². The van der Waals surface area contributed by atoms with Gasteiger partial charge in [0, 0.05) is 32.2 Å². The van der Waals surface area contributed by atoms with Crippen LogP contribution in [0.15, 0.2) is 6.07 Å². The van der Waals surface area contributed by atoms with E-state index in [0.717, 1.165) is 4.90 Å². The van der Waals surface area contributed by atoms with Crippen molar-refractivity contribution in [3.05, 3.63) is 34.9 Å². The first-order valence-corrected chi connectivity index (χ1v) is 6.56. The quantitative estimate of drug-likeness (QED) is 0.654. The standard InChI is InChI=1S/C13H14F6N2O/c14-7-5-8(15)11(17)9(10(7)16)12(13(18,19)6-22)21-3-1-20-2-4-21/h5,12,20,22H,1-4,6H2/t12-/m1/s1. The molecule has 2 rings (SSSR count). The lowest BCUT2D eigenvalue weighted by Gasteiger charge is -2.38. The van der Waals surface area contributed by atoms with Crippen molar-refractivity contribution in [3.63, 3.8) is 0 Å². The molecular formula is C13H14F6N2O. The molecule has 0 amide bonds. The second-order valence-corrected chi connectivity index (χ2v) is 4.99. The van der Waals surface area contributed by atoms with Crippen LogP contribution in [0.1, 0.15) is 11.6 Å². The molecule has 0 radical (unpaired) electrons. The lowest BCUT2D eigenvalue weighted by atomic mass is 9.96. The Kier molecular flexibility index (Phi) is 4.98. The van der Waals surface area contributed by atoms with Crippen molar-refractivity contribution < 1.29 is 31.4 Å². The van der Waals surface area contributed by atoms with Crippen LogP contribution in [0.3, 0.4) is 0 Å². The van der Waals surface area contributed by atoms with Gasteiger partial charge in [0.1, 0.15) is 12.6 Å². The molecule has 1 heterocycles. The third-order valence-corrected chi connectivity index (χ3v) is 3.55. The molecule has 1 fully saturated rings. The number of hydrogen-bond donors (Lipinski definition) is 2. The van der Waals surface area contributed by atoms with Crippen molar-refractivity contribution in [2.75, 3.05) is 32.8 Å². The fourth-order valence-electron chi connectivity index (χ4n) is 2.52. The van der Waals surface area contributed by atoms with Crippen molar-refractivity contribution in [3.8, 4) is 0 Å². The first-order chi connectivity index (χ1) is 10.3. The van der Waals surface area contributed by atoms with Crippen LogP contribution in [0.5, 0.6) is 0 Å². The molecule has 1 aromatic rings. The zero-order chi connectivity index (χ0) is 16.5. The Labute approximate surface area is 122 Å². The minimum Gasteiger partial charge on any atom is -0.390 e. The van der Waals surface area contributed by atoms with Crippen LogP contribution in [-0.4, -0.2) is 48.7 Å². The summed E-state index contributed by atoms with van der Waals surface area (Å²) in [6.45, 7) is -1.22.